The normalized spacial score (nSPS) is 16.1. The minimum absolute atomic E-state index is 0.0614. The fourth-order valence-electron chi connectivity index (χ4n) is 3.29. The van der Waals surface area contributed by atoms with E-state index in [9.17, 15) is 18.0 Å². The predicted molar refractivity (Wildman–Crippen MR) is 111 cm³/mol. The quantitative estimate of drug-likeness (QED) is 0.680. The van der Waals surface area contributed by atoms with Crippen molar-refractivity contribution >= 4 is 21.9 Å². The molecule has 1 saturated heterocycles. The highest BCUT2D eigenvalue weighted by atomic mass is 32.2. The lowest BCUT2D eigenvalue weighted by molar-refractivity contribution is -0.147. The van der Waals surface area contributed by atoms with Gasteiger partial charge in [-0.25, -0.2) is 8.42 Å². The molecule has 0 aromatic heterocycles. The Hall–Kier alpha value is -1.93. The van der Waals surface area contributed by atoms with Crippen LogP contribution in [0.15, 0.2) is 17.0 Å². The molecule has 1 heterocycles. The average molecular weight is 425 g/mol. The fourth-order valence-corrected chi connectivity index (χ4v) is 5.09. The van der Waals surface area contributed by atoms with Gasteiger partial charge in [0.05, 0.1) is 17.4 Å². The lowest BCUT2D eigenvalue weighted by Gasteiger charge is -2.30. The Labute approximate surface area is 173 Å². The van der Waals surface area contributed by atoms with Crippen LogP contribution in [0, 0.1) is 19.8 Å². The molecule has 2 rings (SSSR count). The predicted octanol–water partition coefficient (Wildman–Crippen LogP) is 2.80. The van der Waals surface area contributed by atoms with Crippen molar-refractivity contribution in [2.75, 3.05) is 19.6 Å². The summed E-state index contributed by atoms with van der Waals surface area (Å²) < 4.78 is 32.9. The van der Waals surface area contributed by atoms with Gasteiger partial charge in [-0.2, -0.15) is 4.31 Å². The second-order valence-electron chi connectivity index (χ2n) is 8.05. The van der Waals surface area contributed by atoms with E-state index in [1.54, 1.807) is 33.8 Å². The molecule has 1 N–H and O–H groups in total. The Bertz CT molecular complexity index is 856. The maximum atomic E-state index is 13.2. The van der Waals surface area contributed by atoms with Crippen molar-refractivity contribution in [3.63, 3.8) is 0 Å². The number of rotatable bonds is 7. The number of hydrogen-bond donors (Lipinski definition) is 1. The van der Waals surface area contributed by atoms with Crippen molar-refractivity contribution in [2.45, 2.75) is 64.9 Å². The number of ether oxygens (including phenoxy) is 1. The van der Waals surface area contributed by atoms with Gasteiger partial charge in [0.25, 0.3) is 5.91 Å². The summed E-state index contributed by atoms with van der Waals surface area (Å²) in [6.07, 6.45) is 1.53. The fraction of sp³-hybridized carbons (Fsp3) is 0.619. The second kappa shape index (κ2) is 9.71. The second-order valence-corrected chi connectivity index (χ2v) is 9.95. The van der Waals surface area contributed by atoms with E-state index >= 15 is 0 Å². The molecule has 0 atom stereocenters. The number of hydrogen-bond acceptors (Lipinski definition) is 5. The monoisotopic (exact) mass is 424 g/mol. The van der Waals surface area contributed by atoms with Gasteiger partial charge in [-0.15, -0.1) is 0 Å². The van der Waals surface area contributed by atoms with E-state index in [1.807, 2.05) is 0 Å². The van der Waals surface area contributed by atoms with Gasteiger partial charge in [0.15, 0.2) is 0 Å². The molecule has 1 aliphatic heterocycles. The number of aryl methyl sites for hydroxylation is 1. The largest absolute Gasteiger partial charge is 0.463 e. The molecule has 0 spiro atoms. The van der Waals surface area contributed by atoms with Crippen LogP contribution < -0.4 is 5.32 Å². The Morgan fingerprint density at radius 1 is 1.21 bits per heavy atom. The lowest BCUT2D eigenvalue weighted by atomic mass is 10.0. The summed E-state index contributed by atoms with van der Waals surface area (Å²) >= 11 is 0. The molecule has 1 amide bonds. The third kappa shape index (κ3) is 6.02. The van der Waals surface area contributed by atoms with Gasteiger partial charge in [0, 0.05) is 25.2 Å². The zero-order valence-electron chi connectivity index (χ0n) is 17.9. The molecule has 0 saturated carbocycles. The number of nitrogens with zero attached hydrogens (tertiary/aromatic N) is 1. The smallest absolute Gasteiger partial charge is 0.307 e. The van der Waals surface area contributed by atoms with Gasteiger partial charge in [-0.1, -0.05) is 6.92 Å². The van der Waals surface area contributed by atoms with Gasteiger partial charge >= 0.3 is 5.97 Å². The SMILES string of the molecule is Cc1cc(C(=O)NCCC(=O)OC(C)C)cc(S(=O)(=O)N2CCC(C)CC2)c1C. The number of piperidine rings is 1. The summed E-state index contributed by atoms with van der Waals surface area (Å²) in [5.41, 5.74) is 1.66. The van der Waals surface area contributed by atoms with Crippen LogP contribution in [-0.2, 0) is 19.6 Å². The molecule has 1 aromatic carbocycles. The Morgan fingerprint density at radius 3 is 2.41 bits per heavy atom. The topological polar surface area (TPSA) is 92.8 Å². The van der Waals surface area contributed by atoms with Crippen molar-refractivity contribution in [2.24, 2.45) is 5.92 Å². The first-order chi connectivity index (χ1) is 13.5. The Balaban J connectivity index is 2.16. The van der Waals surface area contributed by atoms with Crippen LogP contribution in [-0.4, -0.2) is 50.3 Å². The van der Waals surface area contributed by atoms with E-state index in [2.05, 4.69) is 12.2 Å². The molecule has 0 aliphatic carbocycles. The first kappa shape index (κ1) is 23.3. The first-order valence-electron chi connectivity index (χ1n) is 10.1. The summed E-state index contributed by atoms with van der Waals surface area (Å²) in [5.74, 6) is -0.277. The summed E-state index contributed by atoms with van der Waals surface area (Å²) in [6, 6.07) is 3.12. The molecule has 1 fully saturated rings. The highest BCUT2D eigenvalue weighted by Gasteiger charge is 2.30. The zero-order chi connectivity index (χ0) is 21.8. The number of carbonyl (C=O) groups excluding carboxylic acids is 2. The van der Waals surface area contributed by atoms with E-state index < -0.39 is 15.9 Å². The molecule has 0 unspecified atom stereocenters. The third-order valence-corrected chi connectivity index (χ3v) is 7.25. The molecule has 0 radical (unpaired) electrons. The van der Waals surface area contributed by atoms with Crippen molar-refractivity contribution < 1.29 is 22.7 Å². The minimum atomic E-state index is -3.66. The first-order valence-corrected chi connectivity index (χ1v) is 11.6. The molecular formula is C21H32N2O5S. The van der Waals surface area contributed by atoms with Crippen LogP contribution in [0.2, 0.25) is 0 Å². The van der Waals surface area contributed by atoms with Crippen LogP contribution in [0.1, 0.15) is 61.5 Å². The van der Waals surface area contributed by atoms with Crippen LogP contribution in [0.3, 0.4) is 0 Å². The van der Waals surface area contributed by atoms with Crippen LogP contribution >= 0.6 is 0 Å². The number of nitrogens with one attached hydrogen (secondary N) is 1. The lowest BCUT2D eigenvalue weighted by Crippen LogP contribution is -2.38. The molecule has 1 aliphatic rings. The summed E-state index contributed by atoms with van der Waals surface area (Å²) in [4.78, 5) is 24.3. The van der Waals surface area contributed by atoms with E-state index in [0.29, 0.717) is 24.6 Å². The minimum Gasteiger partial charge on any atom is -0.463 e. The van der Waals surface area contributed by atoms with Crippen LogP contribution in [0.4, 0.5) is 0 Å². The van der Waals surface area contributed by atoms with E-state index in [0.717, 1.165) is 18.4 Å². The standard InChI is InChI=1S/C21H32N2O5S/c1-14(2)28-20(24)6-9-22-21(25)18-12-16(4)17(5)19(13-18)29(26,27)23-10-7-15(3)8-11-23/h12-15H,6-11H2,1-5H3,(H,22,25). The van der Waals surface area contributed by atoms with E-state index in [-0.39, 0.29) is 35.5 Å². The molecule has 8 heteroatoms. The summed E-state index contributed by atoms with van der Waals surface area (Å²) in [7, 11) is -3.66. The summed E-state index contributed by atoms with van der Waals surface area (Å²) in [5, 5.41) is 2.67. The van der Waals surface area contributed by atoms with Gasteiger partial charge in [-0.3, -0.25) is 9.59 Å². The summed E-state index contributed by atoms with van der Waals surface area (Å²) in [6.45, 7) is 10.3. The number of amides is 1. The highest BCUT2D eigenvalue weighted by Crippen LogP contribution is 2.28. The average Bonchev–Trinajstić information content (AvgIpc) is 2.63. The molecule has 1 aromatic rings. The number of benzene rings is 1. The number of esters is 1. The van der Waals surface area contributed by atoms with Crippen LogP contribution in [0.25, 0.3) is 0 Å². The van der Waals surface area contributed by atoms with Crippen molar-refractivity contribution in [3.05, 3.63) is 28.8 Å². The molecule has 0 bridgehead atoms. The van der Waals surface area contributed by atoms with Gasteiger partial charge in [-0.05, 0) is 69.7 Å². The number of carbonyl (C=O) groups is 2. The number of sulfonamides is 1. The van der Waals surface area contributed by atoms with Crippen molar-refractivity contribution in [3.8, 4) is 0 Å². The third-order valence-electron chi connectivity index (χ3n) is 5.22. The van der Waals surface area contributed by atoms with Gasteiger partial charge < -0.3 is 10.1 Å². The van der Waals surface area contributed by atoms with Gasteiger partial charge in [0.2, 0.25) is 10.0 Å². The molecule has 7 nitrogen and oxygen atoms in total. The van der Waals surface area contributed by atoms with Crippen molar-refractivity contribution in [1.29, 1.82) is 0 Å². The van der Waals surface area contributed by atoms with E-state index in [4.69, 9.17) is 4.74 Å². The molecular weight excluding hydrogens is 392 g/mol. The highest BCUT2D eigenvalue weighted by molar-refractivity contribution is 7.89. The molecule has 29 heavy (non-hydrogen) atoms. The van der Waals surface area contributed by atoms with E-state index in [1.165, 1.54) is 10.4 Å². The van der Waals surface area contributed by atoms with Crippen molar-refractivity contribution in [1.82, 2.24) is 9.62 Å². The zero-order valence-corrected chi connectivity index (χ0v) is 18.8. The molecule has 162 valence electrons. The maximum absolute atomic E-state index is 13.2. The Morgan fingerprint density at radius 2 is 1.83 bits per heavy atom. The van der Waals surface area contributed by atoms with Gasteiger partial charge in [0.1, 0.15) is 0 Å². The maximum Gasteiger partial charge on any atom is 0.307 e. The Kier molecular flexibility index (Phi) is 7.82. The van der Waals surface area contributed by atoms with Crippen LogP contribution in [0.5, 0.6) is 0 Å².